The molecule has 0 radical (unpaired) electrons. The third kappa shape index (κ3) is 2.82. The maximum Gasteiger partial charge on any atom is 0.263 e. The van der Waals surface area contributed by atoms with Crippen molar-refractivity contribution >= 4 is 42.5 Å². The predicted octanol–water partition coefficient (Wildman–Crippen LogP) is 4.04. The van der Waals surface area contributed by atoms with Crippen LogP contribution in [-0.4, -0.2) is 13.4 Å². The summed E-state index contributed by atoms with van der Waals surface area (Å²) < 4.78 is 28.1. The lowest BCUT2D eigenvalue weighted by atomic mass is 10.2. The lowest BCUT2D eigenvalue weighted by Crippen LogP contribution is -2.13. The highest BCUT2D eigenvalue weighted by molar-refractivity contribution is 9.10. The number of benzene rings is 2. The summed E-state index contributed by atoms with van der Waals surface area (Å²) in [5, 5.41) is 0.957. The van der Waals surface area contributed by atoms with Gasteiger partial charge in [0, 0.05) is 27.3 Å². The number of hydrogen-bond acceptors (Lipinski definition) is 2. The first-order valence-corrected chi connectivity index (χ1v) is 8.59. The first-order chi connectivity index (χ1) is 9.95. The molecule has 0 aliphatic heterocycles. The number of anilines is 1. The van der Waals surface area contributed by atoms with E-state index in [0.717, 1.165) is 16.5 Å². The molecular weight excluding hydrogens is 352 g/mol. The summed E-state index contributed by atoms with van der Waals surface area (Å²) in [5.74, 6) is 0. The molecule has 0 bridgehead atoms. The fraction of sp³-hybridized carbons (Fsp3) is 0.0667. The standard InChI is InChI=1S/C15H13BrN2O2S/c1-10-2-5-15(13(16)8-10)21(19,20)18-12-3-4-14-11(9-12)6-7-17-14/h2-9,17-18H,1H3. The second kappa shape index (κ2) is 5.20. The van der Waals surface area contributed by atoms with Gasteiger partial charge in [0.05, 0.1) is 0 Å². The first-order valence-electron chi connectivity index (χ1n) is 6.32. The Morgan fingerprint density at radius 3 is 2.67 bits per heavy atom. The summed E-state index contributed by atoms with van der Waals surface area (Å²) >= 11 is 3.31. The van der Waals surface area contributed by atoms with Crippen molar-refractivity contribution in [2.45, 2.75) is 11.8 Å². The minimum Gasteiger partial charge on any atom is -0.361 e. The van der Waals surface area contributed by atoms with E-state index in [0.29, 0.717) is 10.2 Å². The summed E-state index contributed by atoms with van der Waals surface area (Å²) in [5.41, 5.74) is 2.50. The van der Waals surface area contributed by atoms with Crippen LogP contribution in [-0.2, 0) is 10.0 Å². The number of fused-ring (bicyclic) bond motifs is 1. The van der Waals surface area contributed by atoms with Crippen LogP contribution in [0, 0.1) is 6.92 Å². The Morgan fingerprint density at radius 1 is 1.10 bits per heavy atom. The van der Waals surface area contributed by atoms with Crippen molar-refractivity contribution in [1.82, 2.24) is 4.98 Å². The number of sulfonamides is 1. The van der Waals surface area contributed by atoms with Gasteiger partial charge in [-0.1, -0.05) is 6.07 Å². The number of halogens is 1. The molecule has 6 heteroatoms. The van der Waals surface area contributed by atoms with E-state index < -0.39 is 10.0 Å². The average molecular weight is 365 g/mol. The molecule has 2 N–H and O–H groups in total. The molecule has 1 heterocycles. The number of nitrogens with one attached hydrogen (secondary N) is 2. The first kappa shape index (κ1) is 14.2. The summed E-state index contributed by atoms with van der Waals surface area (Å²) in [4.78, 5) is 3.30. The topological polar surface area (TPSA) is 62.0 Å². The fourth-order valence-corrected chi connectivity index (χ4v) is 4.39. The molecule has 0 fully saturated rings. The van der Waals surface area contributed by atoms with Gasteiger partial charge in [-0.15, -0.1) is 0 Å². The molecule has 108 valence electrons. The Bertz CT molecular complexity index is 916. The van der Waals surface area contributed by atoms with Gasteiger partial charge in [0.1, 0.15) is 4.90 Å². The van der Waals surface area contributed by atoms with E-state index in [4.69, 9.17) is 0 Å². The molecule has 0 saturated heterocycles. The normalized spacial score (nSPS) is 11.7. The molecule has 0 unspecified atom stereocenters. The Labute approximate surface area is 131 Å². The third-order valence-electron chi connectivity index (χ3n) is 3.18. The average Bonchev–Trinajstić information content (AvgIpc) is 2.85. The van der Waals surface area contributed by atoms with Crippen LogP contribution in [0.2, 0.25) is 0 Å². The van der Waals surface area contributed by atoms with Gasteiger partial charge in [-0.2, -0.15) is 0 Å². The van der Waals surface area contributed by atoms with Crippen LogP contribution in [0.15, 0.2) is 58.0 Å². The molecule has 0 amide bonds. The van der Waals surface area contributed by atoms with E-state index in [1.165, 1.54) is 0 Å². The predicted molar refractivity (Wildman–Crippen MR) is 88.0 cm³/mol. The summed E-state index contributed by atoms with van der Waals surface area (Å²) in [7, 11) is -3.62. The third-order valence-corrected chi connectivity index (χ3v) is 5.54. The monoisotopic (exact) mass is 364 g/mol. The van der Waals surface area contributed by atoms with Crippen molar-refractivity contribution in [2.75, 3.05) is 4.72 Å². The van der Waals surface area contributed by atoms with Gasteiger partial charge in [-0.25, -0.2) is 8.42 Å². The highest BCUT2D eigenvalue weighted by atomic mass is 79.9. The molecule has 21 heavy (non-hydrogen) atoms. The Balaban J connectivity index is 1.98. The second-order valence-electron chi connectivity index (χ2n) is 4.82. The van der Waals surface area contributed by atoms with Crippen LogP contribution in [0.1, 0.15) is 5.56 Å². The van der Waals surface area contributed by atoms with Gasteiger partial charge < -0.3 is 4.98 Å². The molecule has 0 aliphatic carbocycles. The smallest absolute Gasteiger partial charge is 0.263 e. The van der Waals surface area contributed by atoms with Crippen LogP contribution in [0.5, 0.6) is 0 Å². The molecule has 4 nitrogen and oxygen atoms in total. The minimum absolute atomic E-state index is 0.224. The molecule has 0 spiro atoms. The lowest BCUT2D eigenvalue weighted by Gasteiger charge is -2.10. The number of aryl methyl sites for hydroxylation is 1. The Hall–Kier alpha value is -1.79. The van der Waals surface area contributed by atoms with Gasteiger partial charge >= 0.3 is 0 Å². The Kier molecular flexibility index (Phi) is 3.51. The van der Waals surface area contributed by atoms with Crippen molar-refractivity contribution in [3.8, 4) is 0 Å². The van der Waals surface area contributed by atoms with E-state index in [-0.39, 0.29) is 4.90 Å². The summed E-state index contributed by atoms with van der Waals surface area (Å²) in [6, 6.07) is 12.4. The highest BCUT2D eigenvalue weighted by Crippen LogP contribution is 2.26. The van der Waals surface area contributed by atoms with E-state index in [1.807, 2.05) is 25.3 Å². The van der Waals surface area contributed by atoms with Crippen molar-refractivity contribution in [2.24, 2.45) is 0 Å². The number of aromatic amines is 1. The van der Waals surface area contributed by atoms with E-state index in [1.54, 1.807) is 30.3 Å². The van der Waals surface area contributed by atoms with Crippen molar-refractivity contribution in [1.29, 1.82) is 0 Å². The zero-order valence-corrected chi connectivity index (χ0v) is 13.6. The van der Waals surface area contributed by atoms with Crippen molar-refractivity contribution in [3.05, 3.63) is 58.7 Å². The van der Waals surface area contributed by atoms with E-state index in [2.05, 4.69) is 25.6 Å². The molecule has 3 aromatic rings. The molecule has 2 aromatic carbocycles. The van der Waals surface area contributed by atoms with Gasteiger partial charge in [0.2, 0.25) is 0 Å². The van der Waals surface area contributed by atoms with Gasteiger partial charge in [-0.05, 0) is 64.8 Å². The number of rotatable bonds is 3. The maximum atomic E-state index is 12.5. The number of hydrogen-bond donors (Lipinski definition) is 2. The van der Waals surface area contributed by atoms with E-state index >= 15 is 0 Å². The lowest BCUT2D eigenvalue weighted by molar-refractivity contribution is 0.601. The summed E-state index contributed by atoms with van der Waals surface area (Å²) in [6.45, 7) is 1.91. The molecule has 0 saturated carbocycles. The quantitative estimate of drug-likeness (QED) is 0.736. The molecule has 1 aromatic heterocycles. The maximum absolute atomic E-state index is 12.5. The largest absolute Gasteiger partial charge is 0.361 e. The van der Waals surface area contributed by atoms with Crippen LogP contribution >= 0.6 is 15.9 Å². The van der Waals surface area contributed by atoms with Crippen LogP contribution in [0.4, 0.5) is 5.69 Å². The molecule has 3 rings (SSSR count). The number of aromatic nitrogens is 1. The van der Waals surface area contributed by atoms with Crippen molar-refractivity contribution < 1.29 is 8.42 Å². The highest BCUT2D eigenvalue weighted by Gasteiger charge is 2.17. The number of H-pyrrole nitrogens is 1. The van der Waals surface area contributed by atoms with Gasteiger partial charge in [0.15, 0.2) is 0 Å². The zero-order valence-electron chi connectivity index (χ0n) is 11.2. The molecular formula is C15H13BrN2O2S. The fourth-order valence-electron chi connectivity index (χ4n) is 2.15. The van der Waals surface area contributed by atoms with Gasteiger partial charge in [-0.3, -0.25) is 4.72 Å². The van der Waals surface area contributed by atoms with Crippen molar-refractivity contribution in [3.63, 3.8) is 0 Å². The second-order valence-corrected chi connectivity index (χ2v) is 7.32. The SMILES string of the molecule is Cc1ccc(S(=O)(=O)Nc2ccc3[nH]ccc3c2)c(Br)c1. The Morgan fingerprint density at radius 2 is 1.90 bits per heavy atom. The minimum atomic E-state index is -3.62. The molecule has 0 atom stereocenters. The zero-order chi connectivity index (χ0) is 15.0. The summed E-state index contributed by atoms with van der Waals surface area (Å²) in [6.07, 6.45) is 1.82. The van der Waals surface area contributed by atoms with Gasteiger partial charge in [0.25, 0.3) is 10.0 Å². The van der Waals surface area contributed by atoms with Crippen LogP contribution in [0.3, 0.4) is 0 Å². The molecule has 0 aliphatic rings. The van der Waals surface area contributed by atoms with E-state index in [9.17, 15) is 8.42 Å². The van der Waals surface area contributed by atoms with Crippen LogP contribution in [0.25, 0.3) is 10.9 Å². The van der Waals surface area contributed by atoms with Crippen LogP contribution < -0.4 is 4.72 Å².